The lowest BCUT2D eigenvalue weighted by molar-refractivity contribution is 0.136. The van der Waals surface area contributed by atoms with E-state index in [0.717, 1.165) is 31.6 Å². The molecule has 0 bridgehead atoms. The smallest absolute Gasteiger partial charge is 0.0991 e. The predicted octanol–water partition coefficient (Wildman–Crippen LogP) is 2.86. The standard InChI is InChI=1S/C17H25N3O/c1-3-16(4-2)19(11-12-21)13-15-5-7-17(8-6-15)20-10-9-18-14-20/h5-10,14,16,21H,3-4,11-13H2,1-2H3. The van der Waals surface area contributed by atoms with Crippen molar-refractivity contribution in [2.45, 2.75) is 39.3 Å². The number of hydrogen-bond acceptors (Lipinski definition) is 3. The molecule has 0 radical (unpaired) electrons. The Morgan fingerprint density at radius 2 is 1.90 bits per heavy atom. The fraction of sp³-hybridized carbons (Fsp3) is 0.471. The summed E-state index contributed by atoms with van der Waals surface area (Å²) in [5.74, 6) is 0. The van der Waals surface area contributed by atoms with Crippen LogP contribution in [-0.2, 0) is 6.54 Å². The quantitative estimate of drug-likeness (QED) is 0.811. The van der Waals surface area contributed by atoms with Crippen LogP contribution in [-0.4, -0.2) is 38.8 Å². The first-order valence-electron chi connectivity index (χ1n) is 7.70. The van der Waals surface area contributed by atoms with Gasteiger partial charge in [-0.2, -0.15) is 0 Å². The third-order valence-electron chi connectivity index (χ3n) is 3.97. The average molecular weight is 287 g/mol. The Labute approximate surface area is 127 Å². The molecule has 1 heterocycles. The van der Waals surface area contributed by atoms with Gasteiger partial charge in [0.05, 0.1) is 12.9 Å². The van der Waals surface area contributed by atoms with Gasteiger partial charge in [-0.05, 0) is 30.5 Å². The van der Waals surface area contributed by atoms with Crippen LogP contribution in [0.25, 0.3) is 5.69 Å². The lowest BCUT2D eigenvalue weighted by Crippen LogP contribution is -2.36. The SMILES string of the molecule is CCC(CC)N(CCO)Cc1ccc(-n2ccnc2)cc1. The number of hydrogen-bond donors (Lipinski definition) is 1. The summed E-state index contributed by atoms with van der Waals surface area (Å²) in [7, 11) is 0. The van der Waals surface area contributed by atoms with E-state index in [-0.39, 0.29) is 6.61 Å². The molecule has 2 aromatic rings. The van der Waals surface area contributed by atoms with Crippen molar-refractivity contribution in [3.63, 3.8) is 0 Å². The summed E-state index contributed by atoms with van der Waals surface area (Å²) in [5.41, 5.74) is 2.40. The molecule has 0 unspecified atom stereocenters. The summed E-state index contributed by atoms with van der Waals surface area (Å²) in [6, 6.07) is 9.07. The molecule has 0 atom stereocenters. The van der Waals surface area contributed by atoms with E-state index in [0.29, 0.717) is 6.04 Å². The molecule has 4 heteroatoms. The number of aliphatic hydroxyl groups excluding tert-OH is 1. The van der Waals surface area contributed by atoms with Crippen molar-refractivity contribution in [2.75, 3.05) is 13.2 Å². The highest BCUT2D eigenvalue weighted by molar-refractivity contribution is 5.34. The molecule has 1 aromatic heterocycles. The second-order valence-electron chi connectivity index (χ2n) is 5.30. The van der Waals surface area contributed by atoms with Crippen molar-refractivity contribution in [3.05, 3.63) is 48.5 Å². The molecule has 21 heavy (non-hydrogen) atoms. The van der Waals surface area contributed by atoms with Gasteiger partial charge in [-0.3, -0.25) is 4.90 Å². The van der Waals surface area contributed by atoms with Crippen LogP contribution >= 0.6 is 0 Å². The van der Waals surface area contributed by atoms with Crippen LogP contribution in [0.5, 0.6) is 0 Å². The average Bonchev–Trinajstić information content (AvgIpc) is 3.04. The summed E-state index contributed by atoms with van der Waals surface area (Å²) < 4.78 is 2.00. The van der Waals surface area contributed by atoms with Crippen LogP contribution in [0.15, 0.2) is 43.0 Å². The first-order valence-corrected chi connectivity index (χ1v) is 7.70. The van der Waals surface area contributed by atoms with Crippen LogP contribution in [0.1, 0.15) is 32.3 Å². The lowest BCUT2D eigenvalue weighted by atomic mass is 10.1. The van der Waals surface area contributed by atoms with E-state index in [1.54, 1.807) is 12.5 Å². The Kier molecular flexibility index (Phi) is 5.96. The molecule has 4 nitrogen and oxygen atoms in total. The maximum absolute atomic E-state index is 9.27. The van der Waals surface area contributed by atoms with Crippen molar-refractivity contribution >= 4 is 0 Å². The van der Waals surface area contributed by atoms with Gasteiger partial charge in [-0.15, -0.1) is 0 Å². The third kappa shape index (κ3) is 4.16. The molecule has 0 amide bonds. The monoisotopic (exact) mass is 287 g/mol. The second kappa shape index (κ2) is 7.96. The molecule has 1 aromatic carbocycles. The zero-order chi connectivity index (χ0) is 15.1. The molecular weight excluding hydrogens is 262 g/mol. The van der Waals surface area contributed by atoms with Gasteiger partial charge in [0.2, 0.25) is 0 Å². The third-order valence-corrected chi connectivity index (χ3v) is 3.97. The van der Waals surface area contributed by atoms with Gasteiger partial charge in [-0.1, -0.05) is 26.0 Å². The first kappa shape index (κ1) is 15.7. The molecule has 1 N–H and O–H groups in total. The molecule has 0 spiro atoms. The molecule has 0 aliphatic heterocycles. The Hall–Kier alpha value is -1.65. The number of rotatable bonds is 8. The molecule has 0 aliphatic carbocycles. The number of aromatic nitrogens is 2. The van der Waals surface area contributed by atoms with Gasteiger partial charge < -0.3 is 9.67 Å². The molecule has 0 aliphatic rings. The molecule has 0 fully saturated rings. The highest BCUT2D eigenvalue weighted by atomic mass is 16.3. The van der Waals surface area contributed by atoms with Crippen LogP contribution < -0.4 is 0 Å². The molecule has 2 rings (SSSR count). The number of benzene rings is 1. The van der Waals surface area contributed by atoms with Crippen LogP contribution in [0.2, 0.25) is 0 Å². The maximum atomic E-state index is 9.27. The minimum absolute atomic E-state index is 0.212. The van der Waals surface area contributed by atoms with E-state index in [1.165, 1.54) is 5.56 Å². The lowest BCUT2D eigenvalue weighted by Gasteiger charge is -2.29. The van der Waals surface area contributed by atoms with Gasteiger partial charge in [0.1, 0.15) is 0 Å². The fourth-order valence-electron chi connectivity index (χ4n) is 2.74. The Morgan fingerprint density at radius 1 is 1.19 bits per heavy atom. The van der Waals surface area contributed by atoms with E-state index < -0.39 is 0 Å². The largest absolute Gasteiger partial charge is 0.395 e. The second-order valence-corrected chi connectivity index (χ2v) is 5.30. The Bertz CT molecular complexity index is 503. The van der Waals surface area contributed by atoms with Crippen LogP contribution in [0.3, 0.4) is 0 Å². The van der Waals surface area contributed by atoms with Crippen LogP contribution in [0.4, 0.5) is 0 Å². The normalized spacial score (nSPS) is 11.5. The highest BCUT2D eigenvalue weighted by Gasteiger charge is 2.14. The molecule has 0 saturated carbocycles. The molecular formula is C17H25N3O. The zero-order valence-electron chi connectivity index (χ0n) is 12.9. The zero-order valence-corrected chi connectivity index (χ0v) is 12.9. The first-order chi connectivity index (χ1) is 10.3. The van der Waals surface area contributed by atoms with Gasteiger partial charge in [0.15, 0.2) is 0 Å². The predicted molar refractivity (Wildman–Crippen MR) is 85.4 cm³/mol. The van der Waals surface area contributed by atoms with Gasteiger partial charge >= 0.3 is 0 Å². The minimum Gasteiger partial charge on any atom is -0.395 e. The fourth-order valence-corrected chi connectivity index (χ4v) is 2.74. The van der Waals surface area contributed by atoms with E-state index in [2.05, 4.69) is 48.0 Å². The summed E-state index contributed by atoms with van der Waals surface area (Å²) in [6.07, 6.45) is 7.76. The molecule has 114 valence electrons. The topological polar surface area (TPSA) is 41.3 Å². The number of aliphatic hydroxyl groups is 1. The van der Waals surface area contributed by atoms with E-state index in [1.807, 2.05) is 10.8 Å². The number of nitrogens with zero attached hydrogens (tertiary/aromatic N) is 3. The van der Waals surface area contributed by atoms with E-state index in [9.17, 15) is 5.11 Å². The Balaban J connectivity index is 2.06. The summed E-state index contributed by atoms with van der Waals surface area (Å²) >= 11 is 0. The van der Waals surface area contributed by atoms with Gasteiger partial charge in [0.25, 0.3) is 0 Å². The molecule has 0 saturated heterocycles. The summed E-state index contributed by atoms with van der Waals surface area (Å²) in [6.45, 7) is 6.25. The Morgan fingerprint density at radius 3 is 2.43 bits per heavy atom. The van der Waals surface area contributed by atoms with E-state index in [4.69, 9.17) is 0 Å². The summed E-state index contributed by atoms with van der Waals surface area (Å²) in [4.78, 5) is 6.43. The van der Waals surface area contributed by atoms with Crippen molar-refractivity contribution in [1.82, 2.24) is 14.5 Å². The van der Waals surface area contributed by atoms with Crippen LogP contribution in [0, 0.1) is 0 Å². The maximum Gasteiger partial charge on any atom is 0.0991 e. The van der Waals surface area contributed by atoms with E-state index >= 15 is 0 Å². The van der Waals surface area contributed by atoms with Crippen molar-refractivity contribution in [2.24, 2.45) is 0 Å². The number of imidazole rings is 1. The van der Waals surface area contributed by atoms with Gasteiger partial charge in [0, 0.05) is 37.2 Å². The van der Waals surface area contributed by atoms with Crippen molar-refractivity contribution in [1.29, 1.82) is 0 Å². The highest BCUT2D eigenvalue weighted by Crippen LogP contribution is 2.15. The van der Waals surface area contributed by atoms with Crippen molar-refractivity contribution < 1.29 is 5.11 Å². The summed E-state index contributed by atoms with van der Waals surface area (Å²) in [5, 5.41) is 9.27. The van der Waals surface area contributed by atoms with Gasteiger partial charge in [-0.25, -0.2) is 4.98 Å². The minimum atomic E-state index is 0.212. The van der Waals surface area contributed by atoms with Crippen molar-refractivity contribution in [3.8, 4) is 5.69 Å².